The molecule has 0 saturated heterocycles. The van der Waals surface area contributed by atoms with Crippen LogP contribution in [-0.2, 0) is 0 Å². The quantitative estimate of drug-likeness (QED) is 0.481. The topological polar surface area (TPSA) is 54.2 Å². The molecule has 3 N–H and O–H groups in total. The van der Waals surface area contributed by atoms with Gasteiger partial charge in [0.05, 0.1) is 11.2 Å². The number of amidine groups is 1. The van der Waals surface area contributed by atoms with Gasteiger partial charge in [0.15, 0.2) is 0 Å². The first-order valence-electron chi connectivity index (χ1n) is 3.98. The summed E-state index contributed by atoms with van der Waals surface area (Å²) in [6.45, 7) is 6.05. The molecule has 0 aliphatic carbocycles. The predicted molar refractivity (Wildman–Crippen MR) is 51.3 cm³/mol. The zero-order valence-electron chi connectivity index (χ0n) is 7.76. The molecule has 3 heteroatoms. The number of aliphatic imine (C=N–C) groups is 1. The molecule has 0 unspecified atom stereocenters. The zero-order chi connectivity index (χ0) is 9.19. The van der Waals surface area contributed by atoms with Gasteiger partial charge in [0.1, 0.15) is 5.84 Å². The van der Waals surface area contributed by atoms with E-state index in [-0.39, 0.29) is 5.54 Å². The third-order valence-electron chi connectivity index (χ3n) is 1.33. The van der Waals surface area contributed by atoms with E-state index < -0.39 is 0 Å². The minimum atomic E-state index is -0.116. The van der Waals surface area contributed by atoms with Gasteiger partial charge in [-0.25, -0.2) is 0 Å². The number of aromatic nitrogens is 1. The molecule has 0 spiro atoms. The van der Waals surface area contributed by atoms with Gasteiger partial charge in [-0.1, -0.05) is 0 Å². The summed E-state index contributed by atoms with van der Waals surface area (Å²) in [5.41, 5.74) is 6.51. The molecule has 0 atom stereocenters. The van der Waals surface area contributed by atoms with Gasteiger partial charge in [0.2, 0.25) is 0 Å². The first-order valence-corrected chi connectivity index (χ1v) is 3.98. The molecule has 0 bridgehead atoms. The Morgan fingerprint density at radius 1 is 1.50 bits per heavy atom. The molecule has 0 amide bonds. The molecule has 12 heavy (non-hydrogen) atoms. The van der Waals surface area contributed by atoms with Crippen LogP contribution in [0.4, 0.5) is 0 Å². The highest BCUT2D eigenvalue weighted by Gasteiger charge is 2.08. The second kappa shape index (κ2) is 3.01. The van der Waals surface area contributed by atoms with Crippen molar-refractivity contribution in [2.24, 2.45) is 10.7 Å². The van der Waals surface area contributed by atoms with Crippen LogP contribution in [0.2, 0.25) is 0 Å². The van der Waals surface area contributed by atoms with Crippen LogP contribution < -0.4 is 5.73 Å². The van der Waals surface area contributed by atoms with Crippen molar-refractivity contribution in [1.82, 2.24) is 4.98 Å². The highest BCUT2D eigenvalue weighted by atomic mass is 14.9. The van der Waals surface area contributed by atoms with Gasteiger partial charge in [-0.15, -0.1) is 0 Å². The van der Waals surface area contributed by atoms with Crippen molar-refractivity contribution in [2.45, 2.75) is 26.3 Å². The molecule has 0 radical (unpaired) electrons. The summed E-state index contributed by atoms with van der Waals surface area (Å²) in [4.78, 5) is 7.32. The molecule has 0 saturated carbocycles. The monoisotopic (exact) mass is 165 g/mol. The Labute approximate surface area is 72.7 Å². The summed E-state index contributed by atoms with van der Waals surface area (Å²) >= 11 is 0. The van der Waals surface area contributed by atoms with Gasteiger partial charge in [0.25, 0.3) is 0 Å². The van der Waals surface area contributed by atoms with Crippen molar-refractivity contribution < 1.29 is 0 Å². The summed E-state index contributed by atoms with van der Waals surface area (Å²) in [6, 6.07) is 3.81. The van der Waals surface area contributed by atoms with E-state index in [9.17, 15) is 0 Å². The Kier molecular flexibility index (Phi) is 2.22. The Morgan fingerprint density at radius 3 is 2.58 bits per heavy atom. The average Bonchev–Trinajstić information content (AvgIpc) is 2.32. The smallest absolute Gasteiger partial charge is 0.142 e. The standard InChI is InChI=1S/C9H15N3/c1-9(2,3)12-8(10)7-5-4-6-11-7/h4-6,11H,1-3H3,(H2,10,12). The molecule has 1 aromatic heterocycles. The van der Waals surface area contributed by atoms with Gasteiger partial charge >= 0.3 is 0 Å². The van der Waals surface area contributed by atoms with E-state index in [1.807, 2.05) is 39.1 Å². The van der Waals surface area contributed by atoms with Crippen LogP contribution >= 0.6 is 0 Å². The van der Waals surface area contributed by atoms with Crippen molar-refractivity contribution >= 4 is 5.84 Å². The summed E-state index contributed by atoms with van der Waals surface area (Å²) in [6.07, 6.45) is 1.83. The molecule has 0 aliphatic heterocycles. The molecular formula is C9H15N3. The van der Waals surface area contributed by atoms with Crippen molar-refractivity contribution in [3.63, 3.8) is 0 Å². The molecule has 0 fully saturated rings. The van der Waals surface area contributed by atoms with Gasteiger partial charge in [-0.2, -0.15) is 0 Å². The Hall–Kier alpha value is -1.25. The molecule has 1 heterocycles. The van der Waals surface area contributed by atoms with Crippen molar-refractivity contribution in [3.8, 4) is 0 Å². The fourth-order valence-corrected chi connectivity index (χ4v) is 0.911. The SMILES string of the molecule is CC(C)(C)N=C(N)c1ccc[nH]1. The summed E-state index contributed by atoms with van der Waals surface area (Å²) in [7, 11) is 0. The maximum absolute atomic E-state index is 5.74. The van der Waals surface area contributed by atoms with Crippen LogP contribution in [0, 0.1) is 0 Å². The highest BCUT2D eigenvalue weighted by Crippen LogP contribution is 2.07. The van der Waals surface area contributed by atoms with Gasteiger partial charge in [0, 0.05) is 6.20 Å². The lowest BCUT2D eigenvalue weighted by molar-refractivity contribution is 0.583. The van der Waals surface area contributed by atoms with Gasteiger partial charge in [-0.3, -0.25) is 4.99 Å². The highest BCUT2D eigenvalue weighted by molar-refractivity contribution is 5.95. The van der Waals surface area contributed by atoms with Crippen molar-refractivity contribution in [1.29, 1.82) is 0 Å². The number of hydrogen-bond donors (Lipinski definition) is 2. The van der Waals surface area contributed by atoms with Gasteiger partial charge in [-0.05, 0) is 32.9 Å². The Morgan fingerprint density at radius 2 is 2.17 bits per heavy atom. The van der Waals surface area contributed by atoms with E-state index in [4.69, 9.17) is 5.73 Å². The van der Waals surface area contributed by atoms with E-state index in [1.165, 1.54) is 0 Å². The third-order valence-corrected chi connectivity index (χ3v) is 1.33. The molecular weight excluding hydrogens is 150 g/mol. The number of nitrogens with one attached hydrogen (secondary N) is 1. The van der Waals surface area contributed by atoms with Crippen LogP contribution in [0.15, 0.2) is 23.3 Å². The predicted octanol–water partition coefficient (Wildman–Crippen LogP) is 1.52. The lowest BCUT2D eigenvalue weighted by Gasteiger charge is -2.12. The zero-order valence-corrected chi connectivity index (χ0v) is 7.76. The minimum absolute atomic E-state index is 0.116. The molecule has 1 aromatic rings. The lowest BCUT2D eigenvalue weighted by atomic mass is 10.1. The van der Waals surface area contributed by atoms with E-state index in [0.717, 1.165) is 5.69 Å². The lowest BCUT2D eigenvalue weighted by Crippen LogP contribution is -2.21. The number of rotatable bonds is 1. The average molecular weight is 165 g/mol. The van der Waals surface area contributed by atoms with Crippen LogP contribution in [0.3, 0.4) is 0 Å². The van der Waals surface area contributed by atoms with Crippen LogP contribution in [0.25, 0.3) is 0 Å². The van der Waals surface area contributed by atoms with E-state index in [2.05, 4.69) is 9.98 Å². The van der Waals surface area contributed by atoms with Crippen LogP contribution in [-0.4, -0.2) is 16.4 Å². The van der Waals surface area contributed by atoms with Crippen LogP contribution in [0.5, 0.6) is 0 Å². The fourth-order valence-electron chi connectivity index (χ4n) is 0.911. The van der Waals surface area contributed by atoms with E-state index in [1.54, 1.807) is 0 Å². The third kappa shape index (κ3) is 2.42. The van der Waals surface area contributed by atoms with Crippen molar-refractivity contribution in [2.75, 3.05) is 0 Å². The number of aromatic amines is 1. The molecule has 1 rings (SSSR count). The number of hydrogen-bond acceptors (Lipinski definition) is 1. The fraction of sp³-hybridized carbons (Fsp3) is 0.444. The summed E-state index contributed by atoms with van der Waals surface area (Å²) in [5.74, 6) is 0.563. The maximum atomic E-state index is 5.74. The number of H-pyrrole nitrogens is 1. The number of nitrogens with zero attached hydrogens (tertiary/aromatic N) is 1. The number of nitrogens with two attached hydrogens (primary N) is 1. The molecule has 3 nitrogen and oxygen atoms in total. The largest absolute Gasteiger partial charge is 0.382 e. The first kappa shape index (κ1) is 8.84. The molecule has 66 valence electrons. The Balaban J connectivity index is 2.85. The van der Waals surface area contributed by atoms with Crippen molar-refractivity contribution in [3.05, 3.63) is 24.0 Å². The molecule has 0 aromatic carbocycles. The van der Waals surface area contributed by atoms with Gasteiger partial charge < -0.3 is 10.7 Å². The second-order valence-electron chi connectivity index (χ2n) is 3.75. The van der Waals surface area contributed by atoms with E-state index >= 15 is 0 Å². The minimum Gasteiger partial charge on any atom is -0.382 e. The van der Waals surface area contributed by atoms with E-state index in [0.29, 0.717) is 5.84 Å². The van der Waals surface area contributed by atoms with Crippen LogP contribution in [0.1, 0.15) is 26.5 Å². The summed E-state index contributed by atoms with van der Waals surface area (Å²) < 4.78 is 0. The normalized spacial score (nSPS) is 13.4. The second-order valence-corrected chi connectivity index (χ2v) is 3.75. The summed E-state index contributed by atoms with van der Waals surface area (Å²) in [5, 5.41) is 0. The first-order chi connectivity index (χ1) is 5.49. The molecule has 0 aliphatic rings. The maximum Gasteiger partial charge on any atom is 0.142 e. The Bertz CT molecular complexity index is 264.